The highest BCUT2D eigenvalue weighted by Crippen LogP contribution is 2.23. The van der Waals surface area contributed by atoms with Gasteiger partial charge in [0.2, 0.25) is 0 Å². The Hall–Kier alpha value is -0.925. The van der Waals surface area contributed by atoms with Crippen LogP contribution in [-0.4, -0.2) is 6.98 Å². The molecule has 0 unspecified atom stereocenters. The molecule has 0 fully saturated rings. The van der Waals surface area contributed by atoms with Gasteiger partial charge in [-0.3, -0.25) is 0 Å². The molecule has 78 valence electrons. The van der Waals surface area contributed by atoms with Crippen LogP contribution >= 0.6 is 0 Å². The zero-order chi connectivity index (χ0) is 10.9. The number of halogens is 3. The molecule has 14 heavy (non-hydrogen) atoms. The first-order valence-corrected chi connectivity index (χ1v) is 4.57. The standard InChI is InChI=1S/C10H13BF3/c1-7-4-8(2)10(9(3)5-7)6-11(12,13)14/h4-5H,6H2,1-3H3/q-1. The van der Waals surface area contributed by atoms with Crippen molar-refractivity contribution in [3.63, 3.8) is 0 Å². The summed E-state index contributed by atoms with van der Waals surface area (Å²) in [6.07, 6.45) is -0.766. The van der Waals surface area contributed by atoms with Gasteiger partial charge in [-0.15, -0.1) is 0 Å². The van der Waals surface area contributed by atoms with E-state index in [1.807, 2.05) is 6.92 Å². The van der Waals surface area contributed by atoms with E-state index in [2.05, 4.69) is 0 Å². The first kappa shape index (κ1) is 11.2. The van der Waals surface area contributed by atoms with Crippen LogP contribution in [0, 0.1) is 20.8 Å². The molecular weight excluding hydrogens is 188 g/mol. The van der Waals surface area contributed by atoms with Crippen LogP contribution in [0.25, 0.3) is 0 Å². The van der Waals surface area contributed by atoms with E-state index in [0.717, 1.165) is 16.7 Å². The maximum atomic E-state index is 12.3. The fourth-order valence-corrected chi connectivity index (χ4v) is 1.76. The second kappa shape index (κ2) is 3.68. The molecule has 0 atom stereocenters. The van der Waals surface area contributed by atoms with E-state index in [1.54, 1.807) is 26.0 Å². The largest absolute Gasteiger partial charge is 0.482 e. The SMILES string of the molecule is Cc1cc(C)c(C[B-](F)(F)F)c(C)c1. The lowest BCUT2D eigenvalue weighted by molar-refractivity contribution is 0.468. The number of aryl methyl sites for hydroxylation is 3. The third-order valence-electron chi connectivity index (χ3n) is 2.28. The van der Waals surface area contributed by atoms with Crippen molar-refractivity contribution < 1.29 is 12.9 Å². The molecule has 0 aliphatic heterocycles. The van der Waals surface area contributed by atoms with Gasteiger partial charge in [0.25, 0.3) is 0 Å². The predicted octanol–water partition coefficient (Wildman–Crippen LogP) is 3.54. The van der Waals surface area contributed by atoms with Gasteiger partial charge < -0.3 is 12.9 Å². The van der Waals surface area contributed by atoms with Gasteiger partial charge in [-0.1, -0.05) is 40.7 Å². The molecule has 0 nitrogen and oxygen atoms in total. The van der Waals surface area contributed by atoms with E-state index in [-0.39, 0.29) is 0 Å². The first-order valence-electron chi connectivity index (χ1n) is 4.57. The summed E-state index contributed by atoms with van der Waals surface area (Å²) >= 11 is 0. The molecule has 1 aromatic carbocycles. The Kier molecular flexibility index (Phi) is 2.93. The molecule has 0 saturated heterocycles. The third kappa shape index (κ3) is 2.79. The number of benzene rings is 1. The van der Waals surface area contributed by atoms with Gasteiger partial charge >= 0.3 is 6.98 Å². The van der Waals surface area contributed by atoms with Crippen LogP contribution in [0.3, 0.4) is 0 Å². The lowest BCUT2D eigenvalue weighted by Crippen LogP contribution is -2.20. The summed E-state index contributed by atoms with van der Waals surface area (Å²) in [5.41, 5.74) is 2.92. The highest BCUT2D eigenvalue weighted by atomic mass is 19.4. The zero-order valence-electron chi connectivity index (χ0n) is 8.57. The summed E-state index contributed by atoms with van der Waals surface area (Å²) in [4.78, 5) is 0. The maximum absolute atomic E-state index is 12.3. The van der Waals surface area contributed by atoms with Gasteiger partial charge in [-0.25, -0.2) is 0 Å². The molecular formula is C10H13BF3-. The van der Waals surface area contributed by atoms with Crippen molar-refractivity contribution in [2.24, 2.45) is 0 Å². The molecule has 0 aliphatic rings. The van der Waals surface area contributed by atoms with Crippen LogP contribution in [0.4, 0.5) is 12.9 Å². The zero-order valence-corrected chi connectivity index (χ0v) is 8.57. The molecule has 1 rings (SSSR count). The van der Waals surface area contributed by atoms with E-state index in [0.29, 0.717) is 5.56 Å². The number of hydrogen-bond donors (Lipinski definition) is 0. The normalized spacial score (nSPS) is 11.9. The van der Waals surface area contributed by atoms with E-state index >= 15 is 0 Å². The fourth-order valence-electron chi connectivity index (χ4n) is 1.76. The van der Waals surface area contributed by atoms with Crippen molar-refractivity contribution >= 4 is 6.98 Å². The summed E-state index contributed by atoms with van der Waals surface area (Å²) in [6.45, 7) is 0.627. The monoisotopic (exact) mass is 201 g/mol. The van der Waals surface area contributed by atoms with Crippen molar-refractivity contribution in [1.82, 2.24) is 0 Å². The van der Waals surface area contributed by atoms with Gasteiger partial charge in [0.1, 0.15) is 0 Å². The van der Waals surface area contributed by atoms with Crippen LogP contribution < -0.4 is 0 Å². The van der Waals surface area contributed by atoms with Crippen molar-refractivity contribution in [2.45, 2.75) is 27.1 Å². The average Bonchev–Trinajstić information content (AvgIpc) is 1.95. The third-order valence-corrected chi connectivity index (χ3v) is 2.28. The molecule has 0 saturated carbocycles. The molecule has 1 aromatic rings. The smallest absolute Gasteiger partial charge is 0.449 e. The summed E-state index contributed by atoms with van der Waals surface area (Å²) in [6, 6.07) is 3.59. The summed E-state index contributed by atoms with van der Waals surface area (Å²) in [7, 11) is 0. The highest BCUT2D eigenvalue weighted by molar-refractivity contribution is 6.57. The van der Waals surface area contributed by atoms with E-state index in [4.69, 9.17) is 0 Å². The molecule has 0 heterocycles. The maximum Gasteiger partial charge on any atom is 0.482 e. The Morgan fingerprint density at radius 1 is 1.00 bits per heavy atom. The summed E-state index contributed by atoms with van der Waals surface area (Å²) < 4.78 is 36.8. The molecule has 0 radical (unpaired) electrons. The molecule has 0 spiro atoms. The van der Waals surface area contributed by atoms with Crippen molar-refractivity contribution in [1.29, 1.82) is 0 Å². The van der Waals surface area contributed by atoms with E-state index in [9.17, 15) is 12.9 Å². The molecule has 0 bridgehead atoms. The second-order valence-electron chi connectivity index (χ2n) is 3.79. The van der Waals surface area contributed by atoms with E-state index < -0.39 is 13.3 Å². The molecule has 0 N–H and O–H groups in total. The minimum absolute atomic E-state index is 0.433. The Balaban J connectivity index is 3.09. The highest BCUT2D eigenvalue weighted by Gasteiger charge is 2.24. The topological polar surface area (TPSA) is 0 Å². The van der Waals surface area contributed by atoms with Crippen LogP contribution in [0.15, 0.2) is 12.1 Å². The Morgan fingerprint density at radius 2 is 1.43 bits per heavy atom. The summed E-state index contributed by atoms with van der Waals surface area (Å²) in [5.74, 6) is 0. The molecule has 0 aliphatic carbocycles. The van der Waals surface area contributed by atoms with Gasteiger partial charge in [0, 0.05) is 0 Å². The van der Waals surface area contributed by atoms with E-state index in [1.165, 1.54) is 0 Å². The van der Waals surface area contributed by atoms with Gasteiger partial charge in [0.15, 0.2) is 0 Å². The van der Waals surface area contributed by atoms with Gasteiger partial charge in [0.05, 0.1) is 0 Å². The molecule has 0 amide bonds. The lowest BCUT2D eigenvalue weighted by Gasteiger charge is -2.18. The number of rotatable bonds is 2. The minimum atomic E-state index is -4.73. The predicted molar refractivity (Wildman–Crippen MR) is 53.4 cm³/mol. The van der Waals surface area contributed by atoms with Crippen molar-refractivity contribution in [2.75, 3.05) is 0 Å². The van der Waals surface area contributed by atoms with Crippen LogP contribution in [-0.2, 0) is 6.32 Å². The quantitative estimate of drug-likeness (QED) is 0.642. The fraction of sp³-hybridized carbons (Fsp3) is 0.400. The van der Waals surface area contributed by atoms with Crippen LogP contribution in [0.1, 0.15) is 22.3 Å². The first-order chi connectivity index (χ1) is 6.29. The van der Waals surface area contributed by atoms with Crippen molar-refractivity contribution in [3.8, 4) is 0 Å². The minimum Gasteiger partial charge on any atom is -0.449 e. The van der Waals surface area contributed by atoms with Crippen LogP contribution in [0.5, 0.6) is 0 Å². The second-order valence-corrected chi connectivity index (χ2v) is 3.79. The molecule has 0 aromatic heterocycles. The summed E-state index contributed by atoms with van der Waals surface area (Å²) in [5, 5.41) is 0. The van der Waals surface area contributed by atoms with Crippen LogP contribution in [0.2, 0.25) is 0 Å². The average molecular weight is 201 g/mol. The van der Waals surface area contributed by atoms with Crippen molar-refractivity contribution in [3.05, 3.63) is 34.4 Å². The Bertz CT molecular complexity index is 319. The van der Waals surface area contributed by atoms with Gasteiger partial charge in [-0.2, -0.15) is 0 Å². The molecule has 4 heteroatoms. The lowest BCUT2D eigenvalue weighted by atomic mass is 9.78. The Morgan fingerprint density at radius 3 is 1.79 bits per heavy atom. The van der Waals surface area contributed by atoms with Gasteiger partial charge in [-0.05, 0) is 20.8 Å². The Labute approximate surface area is 82.2 Å². The number of hydrogen-bond acceptors (Lipinski definition) is 0.